The summed E-state index contributed by atoms with van der Waals surface area (Å²) in [5.74, 6) is 0.896. The quantitative estimate of drug-likeness (QED) is 0.913. The molecule has 0 saturated carbocycles. The number of aromatic amines is 1. The van der Waals surface area contributed by atoms with Crippen LogP contribution in [0.15, 0.2) is 40.7 Å². The predicted molar refractivity (Wildman–Crippen MR) is 98.5 cm³/mol. The lowest BCUT2D eigenvalue weighted by molar-refractivity contribution is -0.128. The van der Waals surface area contributed by atoms with E-state index in [-0.39, 0.29) is 17.6 Å². The maximum atomic E-state index is 12.7. The number of piperidine rings is 1. The first-order chi connectivity index (χ1) is 12.1. The maximum absolute atomic E-state index is 12.7. The lowest BCUT2D eigenvalue weighted by Gasteiger charge is -2.33. The number of rotatable bonds is 2. The number of carbonyl (C=O) groups is 1. The summed E-state index contributed by atoms with van der Waals surface area (Å²) >= 11 is 0. The summed E-state index contributed by atoms with van der Waals surface area (Å²) < 4.78 is 1.87. The average molecular weight is 339 g/mol. The Kier molecular flexibility index (Phi) is 4.24. The average Bonchev–Trinajstić information content (AvgIpc) is 2.97. The van der Waals surface area contributed by atoms with Gasteiger partial charge in [-0.05, 0) is 50.2 Å². The number of imidazole rings is 1. The van der Waals surface area contributed by atoms with Crippen molar-refractivity contribution in [2.75, 3.05) is 13.1 Å². The van der Waals surface area contributed by atoms with Crippen molar-refractivity contribution in [2.45, 2.75) is 45.1 Å². The molecule has 4 rings (SSSR count). The van der Waals surface area contributed by atoms with E-state index < -0.39 is 0 Å². The van der Waals surface area contributed by atoms with Crippen molar-refractivity contribution in [3.05, 3.63) is 46.4 Å². The Morgan fingerprint density at radius 2 is 1.92 bits per heavy atom. The Morgan fingerprint density at radius 3 is 2.64 bits per heavy atom. The van der Waals surface area contributed by atoms with Gasteiger partial charge in [-0.25, -0.2) is 4.79 Å². The molecule has 25 heavy (non-hydrogen) atoms. The van der Waals surface area contributed by atoms with E-state index in [1.807, 2.05) is 33.7 Å². The zero-order chi connectivity index (χ0) is 17.4. The van der Waals surface area contributed by atoms with E-state index in [0.29, 0.717) is 5.92 Å². The number of benzene rings is 1. The minimum atomic E-state index is -0.0463. The van der Waals surface area contributed by atoms with Gasteiger partial charge in [-0.3, -0.25) is 9.36 Å². The van der Waals surface area contributed by atoms with Crippen molar-refractivity contribution in [1.82, 2.24) is 14.5 Å². The van der Waals surface area contributed by atoms with Crippen molar-refractivity contribution in [3.63, 3.8) is 0 Å². The van der Waals surface area contributed by atoms with Gasteiger partial charge in [-0.2, -0.15) is 0 Å². The van der Waals surface area contributed by atoms with Gasteiger partial charge < -0.3 is 9.88 Å². The van der Waals surface area contributed by atoms with Crippen LogP contribution in [0.1, 0.15) is 45.1 Å². The molecule has 1 aliphatic carbocycles. The van der Waals surface area contributed by atoms with Gasteiger partial charge >= 0.3 is 5.69 Å². The fraction of sp³-hybridized carbons (Fsp3) is 0.500. The van der Waals surface area contributed by atoms with Gasteiger partial charge in [-0.15, -0.1) is 0 Å². The molecule has 0 bridgehead atoms. The minimum absolute atomic E-state index is 0.0463. The molecule has 1 N–H and O–H groups in total. The fourth-order valence-electron chi connectivity index (χ4n) is 4.13. The van der Waals surface area contributed by atoms with Crippen molar-refractivity contribution >= 4 is 16.9 Å². The molecule has 5 nitrogen and oxygen atoms in total. The van der Waals surface area contributed by atoms with Gasteiger partial charge in [0.15, 0.2) is 0 Å². The molecule has 1 aliphatic heterocycles. The second kappa shape index (κ2) is 6.54. The minimum Gasteiger partial charge on any atom is -0.339 e. The van der Waals surface area contributed by atoms with Crippen LogP contribution in [-0.2, 0) is 4.79 Å². The Bertz CT molecular complexity index is 868. The fourth-order valence-corrected chi connectivity index (χ4v) is 4.13. The van der Waals surface area contributed by atoms with Crippen molar-refractivity contribution in [3.8, 4) is 0 Å². The molecule has 2 aromatic rings. The predicted octanol–water partition coefficient (Wildman–Crippen LogP) is 3.24. The van der Waals surface area contributed by atoms with Crippen LogP contribution in [-0.4, -0.2) is 33.4 Å². The lowest BCUT2D eigenvalue weighted by atomic mass is 9.90. The molecule has 1 fully saturated rings. The summed E-state index contributed by atoms with van der Waals surface area (Å²) in [5, 5.41) is 0. The van der Waals surface area contributed by atoms with Gasteiger partial charge in [0.1, 0.15) is 0 Å². The highest BCUT2D eigenvalue weighted by Gasteiger charge is 2.28. The highest BCUT2D eigenvalue weighted by Crippen LogP contribution is 2.28. The highest BCUT2D eigenvalue weighted by molar-refractivity contribution is 5.93. The van der Waals surface area contributed by atoms with E-state index >= 15 is 0 Å². The second-order valence-corrected chi connectivity index (χ2v) is 7.45. The normalized spacial score (nSPS) is 22.2. The third-order valence-electron chi connectivity index (χ3n) is 5.69. The Balaban J connectivity index is 1.47. The number of amides is 1. The van der Waals surface area contributed by atoms with Gasteiger partial charge in [-0.1, -0.05) is 25.1 Å². The van der Waals surface area contributed by atoms with Gasteiger partial charge in [0.2, 0.25) is 5.91 Å². The molecule has 1 unspecified atom stereocenters. The maximum Gasteiger partial charge on any atom is 0.326 e. The molecule has 2 aliphatic rings. The van der Waals surface area contributed by atoms with Crippen molar-refractivity contribution in [2.24, 2.45) is 5.92 Å². The van der Waals surface area contributed by atoms with E-state index in [1.54, 1.807) is 0 Å². The van der Waals surface area contributed by atoms with E-state index in [9.17, 15) is 9.59 Å². The van der Waals surface area contributed by atoms with Crippen LogP contribution in [0, 0.1) is 5.92 Å². The number of nitrogens with zero attached hydrogens (tertiary/aromatic N) is 2. The van der Waals surface area contributed by atoms with E-state index in [2.05, 4.69) is 18.0 Å². The molecular weight excluding hydrogens is 314 g/mol. The highest BCUT2D eigenvalue weighted by atomic mass is 16.2. The molecule has 1 saturated heterocycles. The third-order valence-corrected chi connectivity index (χ3v) is 5.69. The molecule has 1 aromatic carbocycles. The molecule has 5 heteroatoms. The Morgan fingerprint density at radius 1 is 1.16 bits per heavy atom. The van der Waals surface area contributed by atoms with Crippen LogP contribution >= 0.6 is 0 Å². The zero-order valence-electron chi connectivity index (χ0n) is 14.7. The monoisotopic (exact) mass is 339 g/mol. The molecule has 1 atom stereocenters. The lowest BCUT2D eigenvalue weighted by Crippen LogP contribution is -2.41. The van der Waals surface area contributed by atoms with Crippen LogP contribution in [0.3, 0.4) is 0 Å². The number of nitrogens with one attached hydrogen (secondary N) is 1. The number of hydrogen-bond donors (Lipinski definition) is 1. The first-order valence-electron chi connectivity index (χ1n) is 9.31. The standard InChI is InChI=1S/C20H25N3O2/c1-14-6-8-15(9-7-14)19(24)22-12-10-16(11-13-22)23-18-5-3-2-4-17(18)21-20(23)25/h2-5,8,14,16H,6-7,9-13H2,1H3,(H,21,25). The number of carbonyl (C=O) groups excluding carboxylic acids is 1. The van der Waals surface area contributed by atoms with E-state index in [1.165, 1.54) is 0 Å². The first-order valence-corrected chi connectivity index (χ1v) is 9.31. The topological polar surface area (TPSA) is 58.1 Å². The number of aromatic nitrogens is 2. The number of fused-ring (bicyclic) bond motifs is 1. The summed E-state index contributed by atoms with van der Waals surface area (Å²) in [7, 11) is 0. The van der Waals surface area contributed by atoms with Gasteiger partial charge in [0, 0.05) is 24.7 Å². The summed E-state index contributed by atoms with van der Waals surface area (Å²) in [6, 6.07) is 7.97. The van der Waals surface area contributed by atoms with Crippen molar-refractivity contribution in [1.29, 1.82) is 0 Å². The molecule has 0 spiro atoms. The Labute approximate surface area is 147 Å². The summed E-state index contributed by atoms with van der Waals surface area (Å²) in [6.45, 7) is 3.69. The van der Waals surface area contributed by atoms with Crippen LogP contribution in [0.2, 0.25) is 0 Å². The van der Waals surface area contributed by atoms with Crippen molar-refractivity contribution < 1.29 is 4.79 Å². The molecule has 1 aromatic heterocycles. The largest absolute Gasteiger partial charge is 0.339 e. The smallest absolute Gasteiger partial charge is 0.326 e. The first kappa shape index (κ1) is 16.2. The number of hydrogen-bond acceptors (Lipinski definition) is 2. The van der Waals surface area contributed by atoms with E-state index in [4.69, 9.17) is 0 Å². The number of likely N-dealkylation sites (tertiary alicyclic amines) is 1. The summed E-state index contributed by atoms with van der Waals surface area (Å²) in [5.41, 5.74) is 2.78. The molecule has 2 heterocycles. The number of H-pyrrole nitrogens is 1. The van der Waals surface area contributed by atoms with E-state index in [0.717, 1.165) is 61.8 Å². The van der Waals surface area contributed by atoms with Crippen LogP contribution < -0.4 is 5.69 Å². The van der Waals surface area contributed by atoms with Crippen LogP contribution in [0.5, 0.6) is 0 Å². The molecular formula is C20H25N3O2. The summed E-state index contributed by atoms with van der Waals surface area (Å²) in [6.07, 6.45) is 6.82. The molecule has 1 amide bonds. The SMILES string of the molecule is CC1CC=C(C(=O)N2CCC(n3c(=O)[nH]c4ccccc43)CC2)CC1. The third kappa shape index (κ3) is 3.03. The number of para-hydroxylation sites is 2. The van der Waals surface area contributed by atoms with Gasteiger partial charge in [0.25, 0.3) is 0 Å². The van der Waals surface area contributed by atoms with Gasteiger partial charge in [0.05, 0.1) is 11.0 Å². The molecule has 132 valence electrons. The number of allylic oxidation sites excluding steroid dienone is 1. The Hall–Kier alpha value is -2.30. The molecule has 0 radical (unpaired) electrons. The van der Waals surface area contributed by atoms with Crippen LogP contribution in [0.25, 0.3) is 11.0 Å². The summed E-state index contributed by atoms with van der Waals surface area (Å²) in [4.78, 5) is 30.0. The zero-order valence-corrected chi connectivity index (χ0v) is 14.7. The second-order valence-electron chi connectivity index (χ2n) is 7.45. The van der Waals surface area contributed by atoms with Crippen LogP contribution in [0.4, 0.5) is 0 Å².